The van der Waals surface area contributed by atoms with Gasteiger partial charge in [0.25, 0.3) is 0 Å². The molecule has 2 rings (SSSR count). The summed E-state index contributed by atoms with van der Waals surface area (Å²) in [6, 6.07) is 4.43. The molecule has 3 N–H and O–H groups in total. The second kappa shape index (κ2) is 4.37. The lowest BCUT2D eigenvalue weighted by Crippen LogP contribution is -2.08. The predicted octanol–water partition coefficient (Wildman–Crippen LogP) is 1.18. The van der Waals surface area contributed by atoms with Crippen molar-refractivity contribution in [1.29, 1.82) is 0 Å². The summed E-state index contributed by atoms with van der Waals surface area (Å²) in [7, 11) is 0. The Labute approximate surface area is 86.3 Å². The molecule has 0 aliphatic heterocycles. The monoisotopic (exact) mass is 209 g/mol. The van der Waals surface area contributed by atoms with Crippen LogP contribution in [-0.4, -0.2) is 23.1 Å². The summed E-state index contributed by atoms with van der Waals surface area (Å²) < 4.78 is 18.1. The highest BCUT2D eigenvalue weighted by atomic mass is 19.1. The van der Waals surface area contributed by atoms with E-state index in [1.54, 1.807) is 6.07 Å². The van der Waals surface area contributed by atoms with Gasteiger partial charge in [0.2, 0.25) is 0 Å². The van der Waals surface area contributed by atoms with Gasteiger partial charge in [-0.1, -0.05) is 0 Å². The lowest BCUT2D eigenvalue weighted by molar-refractivity contribution is 0.123. The third kappa shape index (κ3) is 2.31. The van der Waals surface area contributed by atoms with E-state index in [1.807, 2.05) is 0 Å². The van der Waals surface area contributed by atoms with Crippen LogP contribution in [0.3, 0.4) is 0 Å². The van der Waals surface area contributed by atoms with E-state index in [1.165, 1.54) is 12.1 Å². The van der Waals surface area contributed by atoms with E-state index >= 15 is 0 Å². The number of ether oxygens (including phenoxy) is 1. The Hall–Kier alpha value is -1.46. The van der Waals surface area contributed by atoms with Gasteiger partial charge in [-0.3, -0.25) is 0 Å². The second-order valence-electron chi connectivity index (χ2n) is 3.19. The van der Waals surface area contributed by atoms with Gasteiger partial charge < -0.3 is 15.5 Å². The van der Waals surface area contributed by atoms with E-state index in [0.29, 0.717) is 31.1 Å². The van der Waals surface area contributed by atoms with Crippen molar-refractivity contribution in [1.82, 2.24) is 9.97 Å². The van der Waals surface area contributed by atoms with Crippen LogP contribution < -0.4 is 5.73 Å². The zero-order valence-corrected chi connectivity index (χ0v) is 8.16. The standard InChI is InChI=1S/C10H12FN3O/c11-7-1-2-8-9(5-7)14-10(13-8)6-15-4-3-12/h1-2,5H,3-4,6,12H2,(H,13,14). The minimum absolute atomic E-state index is 0.277. The molecule has 0 atom stereocenters. The number of aromatic amines is 1. The van der Waals surface area contributed by atoms with E-state index in [2.05, 4.69) is 9.97 Å². The third-order valence-corrected chi connectivity index (χ3v) is 1.99. The number of fused-ring (bicyclic) bond motifs is 1. The third-order valence-electron chi connectivity index (χ3n) is 1.99. The second-order valence-corrected chi connectivity index (χ2v) is 3.19. The van der Waals surface area contributed by atoms with Gasteiger partial charge in [-0.05, 0) is 18.2 Å². The van der Waals surface area contributed by atoms with Crippen molar-refractivity contribution in [2.75, 3.05) is 13.2 Å². The largest absolute Gasteiger partial charge is 0.372 e. The average Bonchev–Trinajstić information content (AvgIpc) is 2.60. The Morgan fingerprint density at radius 2 is 2.33 bits per heavy atom. The number of rotatable bonds is 4. The lowest BCUT2D eigenvalue weighted by Gasteiger charge is -1.97. The molecule has 2 aromatic rings. The van der Waals surface area contributed by atoms with Gasteiger partial charge in [-0.25, -0.2) is 9.37 Å². The number of aromatic nitrogens is 2. The van der Waals surface area contributed by atoms with Crippen LogP contribution >= 0.6 is 0 Å². The summed E-state index contributed by atoms with van der Waals surface area (Å²) >= 11 is 0. The highest BCUT2D eigenvalue weighted by molar-refractivity contribution is 5.74. The zero-order valence-electron chi connectivity index (χ0n) is 8.16. The molecule has 0 spiro atoms. The summed E-state index contributed by atoms with van der Waals surface area (Å²) in [4.78, 5) is 7.22. The summed E-state index contributed by atoms with van der Waals surface area (Å²) in [5.74, 6) is 0.407. The van der Waals surface area contributed by atoms with Crippen LogP contribution in [-0.2, 0) is 11.3 Å². The van der Waals surface area contributed by atoms with Gasteiger partial charge in [0.15, 0.2) is 0 Å². The summed E-state index contributed by atoms with van der Waals surface area (Å²) in [5, 5.41) is 0. The Morgan fingerprint density at radius 3 is 3.13 bits per heavy atom. The summed E-state index contributed by atoms with van der Waals surface area (Å²) in [5.41, 5.74) is 6.70. The fraction of sp³-hybridized carbons (Fsp3) is 0.300. The molecular formula is C10H12FN3O. The van der Waals surface area contributed by atoms with E-state index in [-0.39, 0.29) is 5.82 Å². The highest BCUT2D eigenvalue weighted by Crippen LogP contribution is 2.13. The van der Waals surface area contributed by atoms with Crippen LogP contribution in [0, 0.1) is 5.82 Å². The topological polar surface area (TPSA) is 63.9 Å². The van der Waals surface area contributed by atoms with Crippen molar-refractivity contribution >= 4 is 11.0 Å². The number of H-pyrrole nitrogens is 1. The lowest BCUT2D eigenvalue weighted by atomic mass is 10.3. The average molecular weight is 209 g/mol. The van der Waals surface area contributed by atoms with Crippen molar-refractivity contribution in [3.63, 3.8) is 0 Å². The maximum Gasteiger partial charge on any atom is 0.133 e. The van der Waals surface area contributed by atoms with Crippen LogP contribution in [0.15, 0.2) is 18.2 Å². The fourth-order valence-corrected chi connectivity index (χ4v) is 1.36. The van der Waals surface area contributed by atoms with Gasteiger partial charge in [0, 0.05) is 6.54 Å². The molecule has 0 amide bonds. The number of halogens is 1. The minimum atomic E-state index is -0.277. The van der Waals surface area contributed by atoms with E-state index in [4.69, 9.17) is 10.5 Å². The Morgan fingerprint density at radius 1 is 1.47 bits per heavy atom. The molecule has 4 nitrogen and oxygen atoms in total. The molecule has 0 aliphatic carbocycles. The molecular weight excluding hydrogens is 197 g/mol. The van der Waals surface area contributed by atoms with Gasteiger partial charge in [0.05, 0.1) is 17.6 Å². The van der Waals surface area contributed by atoms with Gasteiger partial charge in [0.1, 0.15) is 18.2 Å². The molecule has 1 heterocycles. The van der Waals surface area contributed by atoms with Crippen molar-refractivity contribution in [3.05, 3.63) is 29.8 Å². The van der Waals surface area contributed by atoms with Gasteiger partial charge in [-0.2, -0.15) is 0 Å². The highest BCUT2D eigenvalue weighted by Gasteiger charge is 2.03. The summed E-state index contributed by atoms with van der Waals surface area (Å²) in [6.45, 7) is 1.34. The van der Waals surface area contributed by atoms with Crippen LogP contribution in [0.25, 0.3) is 11.0 Å². The van der Waals surface area contributed by atoms with Gasteiger partial charge >= 0.3 is 0 Å². The molecule has 15 heavy (non-hydrogen) atoms. The SMILES string of the molecule is NCCOCc1nc2ccc(F)cc2[nH]1. The Bertz CT molecular complexity index is 455. The number of nitrogens with one attached hydrogen (secondary N) is 1. The maximum atomic E-state index is 12.9. The molecule has 0 radical (unpaired) electrons. The molecule has 1 aromatic carbocycles. The first-order valence-electron chi connectivity index (χ1n) is 4.71. The number of imidazole rings is 1. The summed E-state index contributed by atoms with van der Waals surface area (Å²) in [6.07, 6.45) is 0. The molecule has 0 fully saturated rings. The number of hydrogen-bond donors (Lipinski definition) is 2. The normalized spacial score (nSPS) is 11.1. The first-order valence-corrected chi connectivity index (χ1v) is 4.71. The number of hydrogen-bond acceptors (Lipinski definition) is 3. The van der Waals surface area contributed by atoms with Crippen molar-refractivity contribution in [3.8, 4) is 0 Å². The smallest absolute Gasteiger partial charge is 0.133 e. The van der Waals surface area contributed by atoms with Crippen molar-refractivity contribution in [2.24, 2.45) is 5.73 Å². The molecule has 5 heteroatoms. The fourth-order valence-electron chi connectivity index (χ4n) is 1.36. The zero-order chi connectivity index (χ0) is 10.7. The first kappa shape index (κ1) is 10.1. The van der Waals surface area contributed by atoms with Crippen LogP contribution in [0.5, 0.6) is 0 Å². The van der Waals surface area contributed by atoms with Gasteiger partial charge in [-0.15, -0.1) is 0 Å². The van der Waals surface area contributed by atoms with Crippen LogP contribution in [0.4, 0.5) is 4.39 Å². The molecule has 0 saturated carbocycles. The Kier molecular flexibility index (Phi) is 2.94. The maximum absolute atomic E-state index is 12.9. The van der Waals surface area contributed by atoms with E-state index in [9.17, 15) is 4.39 Å². The predicted molar refractivity (Wildman–Crippen MR) is 54.8 cm³/mol. The molecule has 0 saturated heterocycles. The number of benzene rings is 1. The molecule has 0 aliphatic rings. The Balaban J connectivity index is 2.16. The molecule has 1 aromatic heterocycles. The van der Waals surface area contributed by atoms with Crippen LogP contribution in [0.2, 0.25) is 0 Å². The van der Waals surface area contributed by atoms with E-state index in [0.717, 1.165) is 5.52 Å². The van der Waals surface area contributed by atoms with Crippen molar-refractivity contribution < 1.29 is 9.13 Å². The quantitative estimate of drug-likeness (QED) is 0.743. The van der Waals surface area contributed by atoms with E-state index < -0.39 is 0 Å². The molecule has 80 valence electrons. The molecule has 0 unspecified atom stereocenters. The minimum Gasteiger partial charge on any atom is -0.372 e. The number of nitrogens with zero attached hydrogens (tertiary/aromatic N) is 1. The van der Waals surface area contributed by atoms with Crippen molar-refractivity contribution in [2.45, 2.75) is 6.61 Å². The first-order chi connectivity index (χ1) is 7.29. The number of nitrogens with two attached hydrogens (primary N) is 1. The van der Waals surface area contributed by atoms with Crippen LogP contribution in [0.1, 0.15) is 5.82 Å². The molecule has 0 bridgehead atoms.